The molecule has 2 aliphatic rings. The third-order valence-electron chi connectivity index (χ3n) is 6.12. The van der Waals surface area contributed by atoms with Crippen molar-refractivity contribution in [3.8, 4) is 11.8 Å². The molecule has 0 spiro atoms. The minimum Gasteiger partial charge on any atom is -0.378 e. The fourth-order valence-electron chi connectivity index (χ4n) is 4.31. The summed E-state index contributed by atoms with van der Waals surface area (Å²) in [6.07, 6.45) is 0. The van der Waals surface area contributed by atoms with Gasteiger partial charge in [0.15, 0.2) is 11.5 Å². The molecule has 5 rings (SSSR count). The van der Waals surface area contributed by atoms with E-state index in [1.165, 1.54) is 4.90 Å². The van der Waals surface area contributed by atoms with Crippen LogP contribution in [0.3, 0.4) is 0 Å². The summed E-state index contributed by atoms with van der Waals surface area (Å²) >= 11 is 0.947. The average molecular weight is 512 g/mol. The van der Waals surface area contributed by atoms with Crippen LogP contribution >= 0.6 is 12.0 Å². The molecular formula is C28H21N3O5S. The van der Waals surface area contributed by atoms with E-state index in [9.17, 15) is 14.9 Å². The summed E-state index contributed by atoms with van der Waals surface area (Å²) in [5, 5.41) is 14.7. The zero-order valence-corrected chi connectivity index (χ0v) is 21.0. The second-order valence-electron chi connectivity index (χ2n) is 8.54. The van der Waals surface area contributed by atoms with Gasteiger partial charge in [-0.15, -0.1) is 4.33 Å². The Hall–Kier alpha value is -4.36. The predicted octanol–water partition coefficient (Wildman–Crippen LogP) is 5.06. The Labute approximate surface area is 218 Å². The molecule has 8 nitrogen and oxygen atoms in total. The lowest BCUT2D eigenvalue weighted by molar-refractivity contribution is -0.403. The number of rotatable bonds is 7. The van der Waals surface area contributed by atoms with Crippen LogP contribution < -0.4 is 9.79 Å². The summed E-state index contributed by atoms with van der Waals surface area (Å²) in [7, 11) is 5.36. The van der Waals surface area contributed by atoms with E-state index in [4.69, 9.17) is 14.3 Å². The van der Waals surface area contributed by atoms with Crippen molar-refractivity contribution in [1.82, 2.24) is 4.90 Å². The molecule has 0 atom stereocenters. The van der Waals surface area contributed by atoms with Crippen LogP contribution in [0.5, 0.6) is 5.75 Å². The Morgan fingerprint density at radius 1 is 0.919 bits per heavy atom. The average Bonchev–Trinajstić information content (AvgIpc) is 3.18. The van der Waals surface area contributed by atoms with Crippen molar-refractivity contribution in [2.45, 2.75) is 4.90 Å². The van der Waals surface area contributed by atoms with Crippen LogP contribution in [0.15, 0.2) is 88.8 Å². The first kappa shape index (κ1) is 24.3. The Kier molecular flexibility index (Phi) is 6.54. The van der Waals surface area contributed by atoms with Crippen LogP contribution in [0.2, 0.25) is 0 Å². The maximum absolute atomic E-state index is 13.7. The predicted molar refractivity (Wildman–Crippen MR) is 139 cm³/mol. The van der Waals surface area contributed by atoms with Gasteiger partial charge in [-0.25, -0.2) is 0 Å². The fourth-order valence-corrected chi connectivity index (χ4v) is 4.69. The third-order valence-corrected chi connectivity index (χ3v) is 6.71. The number of allylic oxidation sites excluding steroid dienone is 1. The minimum absolute atomic E-state index is 0.142. The first-order valence-electron chi connectivity index (χ1n) is 11.3. The molecule has 1 aliphatic carbocycles. The number of para-hydroxylation sites is 1. The highest BCUT2D eigenvalue weighted by molar-refractivity contribution is 7.94. The number of likely N-dealkylation sites (N-methyl/N-ethyl adjacent to an activating group) is 1. The van der Waals surface area contributed by atoms with Gasteiger partial charge in [0.2, 0.25) is 0 Å². The standard InChI is InChI=1S/C28H21N3O5S/c1-30(2)18-11-14-21-22(15-18)27(32)25-24(23(21)16-29)28(33)31(3)26(25)17-9-12-20(13-10-17)37-36-35-34-19-7-5-4-6-8-19/h4-15H,1-3H3. The molecule has 0 fully saturated rings. The van der Waals surface area contributed by atoms with Gasteiger partial charge in [-0.05, 0) is 47.0 Å². The molecule has 3 aromatic rings. The molecule has 0 saturated heterocycles. The largest absolute Gasteiger partial charge is 0.378 e. The van der Waals surface area contributed by atoms with Crippen molar-refractivity contribution < 1.29 is 23.8 Å². The highest BCUT2D eigenvalue weighted by Crippen LogP contribution is 2.45. The van der Waals surface area contributed by atoms with Gasteiger partial charge in [0.05, 0.1) is 34.5 Å². The lowest BCUT2D eigenvalue weighted by Gasteiger charge is -2.20. The molecule has 0 saturated carbocycles. The molecule has 0 bridgehead atoms. The molecule has 184 valence electrons. The van der Waals surface area contributed by atoms with E-state index in [-0.39, 0.29) is 28.4 Å². The molecule has 0 aromatic heterocycles. The summed E-state index contributed by atoms with van der Waals surface area (Å²) in [5.41, 5.74) is 3.40. The van der Waals surface area contributed by atoms with E-state index >= 15 is 0 Å². The number of benzene rings is 3. The topological polar surface area (TPSA) is 92.1 Å². The highest BCUT2D eigenvalue weighted by Gasteiger charge is 2.43. The lowest BCUT2D eigenvalue weighted by atomic mass is 9.81. The van der Waals surface area contributed by atoms with Gasteiger partial charge in [-0.1, -0.05) is 36.4 Å². The number of fused-ring (bicyclic) bond motifs is 2. The number of anilines is 1. The van der Waals surface area contributed by atoms with Gasteiger partial charge in [-0.3, -0.25) is 9.59 Å². The number of carbonyl (C=O) groups excluding carboxylic acids is 2. The van der Waals surface area contributed by atoms with E-state index in [2.05, 4.69) is 6.07 Å². The number of nitrogens with zero attached hydrogens (tertiary/aromatic N) is 3. The summed E-state index contributed by atoms with van der Waals surface area (Å²) < 4.78 is 5.04. The molecular weight excluding hydrogens is 490 g/mol. The van der Waals surface area contributed by atoms with Crippen LogP contribution in [0.25, 0.3) is 11.3 Å². The molecule has 0 unspecified atom stereocenters. The van der Waals surface area contributed by atoms with E-state index in [0.717, 1.165) is 17.7 Å². The number of amides is 1. The summed E-state index contributed by atoms with van der Waals surface area (Å²) in [6.45, 7) is 0. The minimum atomic E-state index is -0.384. The second kappa shape index (κ2) is 9.95. The van der Waals surface area contributed by atoms with Crippen molar-refractivity contribution in [3.63, 3.8) is 0 Å². The van der Waals surface area contributed by atoms with E-state index < -0.39 is 0 Å². The van der Waals surface area contributed by atoms with Gasteiger partial charge >= 0.3 is 0 Å². The van der Waals surface area contributed by atoms with E-state index in [1.54, 1.807) is 55.6 Å². The molecule has 37 heavy (non-hydrogen) atoms. The number of Topliss-reactive ketones (excluding diaryl/α,β-unsaturated/α-hetero) is 1. The quantitative estimate of drug-likeness (QED) is 0.188. The Morgan fingerprint density at radius 2 is 1.65 bits per heavy atom. The first-order chi connectivity index (χ1) is 17.9. The van der Waals surface area contributed by atoms with Crippen molar-refractivity contribution >= 4 is 40.7 Å². The van der Waals surface area contributed by atoms with E-state index in [0.29, 0.717) is 33.0 Å². The van der Waals surface area contributed by atoms with Crippen LogP contribution in [0.4, 0.5) is 5.69 Å². The number of hydrogen-bond acceptors (Lipinski definition) is 8. The Bertz CT molecular complexity index is 1510. The van der Waals surface area contributed by atoms with Crippen molar-refractivity contribution in [2.24, 2.45) is 0 Å². The number of hydrogen-bond donors (Lipinski definition) is 0. The maximum Gasteiger partial charge on any atom is 0.260 e. The van der Waals surface area contributed by atoms with Crippen LogP contribution in [-0.2, 0) is 14.2 Å². The Balaban J connectivity index is 1.44. The van der Waals surface area contributed by atoms with Gasteiger partial charge in [0.25, 0.3) is 5.91 Å². The SMILES string of the molecule is CN1C(=O)C2=C(C#N)c3ccc(N(C)C)cc3C(=O)C2=C1c1ccc(SOOOc2ccccc2)cc1. The van der Waals surface area contributed by atoms with Crippen molar-refractivity contribution in [2.75, 3.05) is 26.0 Å². The highest BCUT2D eigenvalue weighted by atomic mass is 32.2. The molecule has 1 amide bonds. The normalized spacial score (nSPS) is 14.5. The van der Waals surface area contributed by atoms with Crippen molar-refractivity contribution in [1.29, 1.82) is 5.26 Å². The van der Waals surface area contributed by atoms with Crippen LogP contribution in [0, 0.1) is 11.3 Å². The summed E-state index contributed by atoms with van der Waals surface area (Å²) in [4.78, 5) is 36.0. The summed E-state index contributed by atoms with van der Waals surface area (Å²) in [6, 6.07) is 23.5. The van der Waals surface area contributed by atoms with E-state index in [1.807, 2.05) is 43.3 Å². The lowest BCUT2D eigenvalue weighted by Crippen LogP contribution is -2.22. The first-order valence-corrected chi connectivity index (χ1v) is 12.0. The molecule has 1 heterocycles. The smallest absolute Gasteiger partial charge is 0.260 e. The third kappa shape index (κ3) is 4.38. The van der Waals surface area contributed by atoms with Gasteiger partial charge in [0, 0.05) is 42.9 Å². The number of nitriles is 1. The summed E-state index contributed by atoms with van der Waals surface area (Å²) in [5.74, 6) is -0.169. The number of carbonyl (C=O) groups is 2. The monoisotopic (exact) mass is 511 g/mol. The molecule has 3 aromatic carbocycles. The molecule has 9 heteroatoms. The molecule has 0 radical (unpaired) electrons. The van der Waals surface area contributed by atoms with Crippen LogP contribution in [0.1, 0.15) is 21.5 Å². The van der Waals surface area contributed by atoms with Gasteiger partial charge in [-0.2, -0.15) is 5.26 Å². The second-order valence-corrected chi connectivity index (χ2v) is 9.32. The Morgan fingerprint density at radius 3 is 2.32 bits per heavy atom. The molecule has 1 aliphatic heterocycles. The zero-order valence-electron chi connectivity index (χ0n) is 20.2. The van der Waals surface area contributed by atoms with Crippen LogP contribution in [-0.4, -0.2) is 37.7 Å². The van der Waals surface area contributed by atoms with Gasteiger partial charge in [0.1, 0.15) is 6.07 Å². The number of ketones is 1. The van der Waals surface area contributed by atoms with Gasteiger partial charge < -0.3 is 14.7 Å². The molecule has 0 N–H and O–H groups in total. The zero-order chi connectivity index (χ0) is 26.1. The fraction of sp³-hybridized carbons (Fsp3) is 0.107. The van der Waals surface area contributed by atoms with Crippen molar-refractivity contribution in [3.05, 3.63) is 101 Å². The maximum atomic E-state index is 13.7.